The van der Waals surface area contributed by atoms with Crippen LogP contribution in [0.3, 0.4) is 0 Å². The molecule has 0 fully saturated rings. The Morgan fingerprint density at radius 2 is 2.16 bits per heavy atom. The third-order valence-corrected chi connectivity index (χ3v) is 4.25. The zero-order valence-corrected chi connectivity index (χ0v) is 12.3. The number of benzene rings is 1. The Bertz CT molecular complexity index is 447. The van der Waals surface area contributed by atoms with E-state index in [0.29, 0.717) is 41.6 Å². The highest BCUT2D eigenvalue weighted by Gasteiger charge is 2.06. The van der Waals surface area contributed by atoms with E-state index in [1.807, 2.05) is 13.8 Å². The third-order valence-electron chi connectivity index (χ3n) is 2.47. The van der Waals surface area contributed by atoms with Crippen LogP contribution in [0.2, 0.25) is 0 Å². The van der Waals surface area contributed by atoms with Crippen molar-refractivity contribution < 1.29 is 9.00 Å². The third kappa shape index (κ3) is 6.96. The van der Waals surface area contributed by atoms with Crippen molar-refractivity contribution in [2.45, 2.75) is 26.7 Å². The van der Waals surface area contributed by atoms with Crippen molar-refractivity contribution in [3.8, 4) is 0 Å². The molecule has 1 atom stereocenters. The molecule has 0 radical (unpaired) electrons. The predicted molar refractivity (Wildman–Crippen MR) is 81.4 cm³/mol. The molecule has 1 unspecified atom stereocenters. The molecule has 0 saturated heterocycles. The van der Waals surface area contributed by atoms with Gasteiger partial charge in [-0.3, -0.25) is 9.00 Å². The van der Waals surface area contributed by atoms with Gasteiger partial charge < -0.3 is 11.1 Å². The van der Waals surface area contributed by atoms with E-state index in [4.69, 9.17) is 5.73 Å². The van der Waals surface area contributed by atoms with Gasteiger partial charge >= 0.3 is 0 Å². The number of carbonyl (C=O) groups excluding carboxylic acids is 1. The highest BCUT2D eigenvalue weighted by molar-refractivity contribution is 7.84. The van der Waals surface area contributed by atoms with Gasteiger partial charge in [0, 0.05) is 40.1 Å². The highest BCUT2D eigenvalue weighted by Crippen LogP contribution is 2.12. The molecule has 0 aliphatic heterocycles. The highest BCUT2D eigenvalue weighted by atomic mass is 32.2. The van der Waals surface area contributed by atoms with E-state index in [9.17, 15) is 9.00 Å². The Labute approximate surface area is 117 Å². The average Bonchev–Trinajstić information content (AvgIpc) is 2.27. The maximum Gasteiger partial charge on any atom is 0.224 e. The molecule has 0 saturated carbocycles. The maximum absolute atomic E-state index is 11.7. The van der Waals surface area contributed by atoms with Crippen molar-refractivity contribution in [3.63, 3.8) is 0 Å². The molecule has 1 amide bonds. The normalized spacial score (nSPS) is 12.4. The Hall–Kier alpha value is -1.36. The smallest absolute Gasteiger partial charge is 0.224 e. The fraction of sp³-hybridized carbons (Fsp3) is 0.500. The van der Waals surface area contributed by atoms with Gasteiger partial charge in [-0.05, 0) is 30.5 Å². The van der Waals surface area contributed by atoms with E-state index >= 15 is 0 Å². The fourth-order valence-corrected chi connectivity index (χ4v) is 3.07. The van der Waals surface area contributed by atoms with Crippen LogP contribution in [0.25, 0.3) is 0 Å². The first-order chi connectivity index (χ1) is 8.97. The van der Waals surface area contributed by atoms with Crippen LogP contribution >= 0.6 is 0 Å². The molecule has 106 valence electrons. The number of nitrogen functional groups attached to an aromatic ring is 1. The fourth-order valence-electron chi connectivity index (χ4n) is 1.69. The number of nitrogens with one attached hydrogen (secondary N) is 1. The first kappa shape index (κ1) is 15.7. The summed E-state index contributed by atoms with van der Waals surface area (Å²) < 4.78 is 11.6. The van der Waals surface area contributed by atoms with Crippen molar-refractivity contribution in [2.24, 2.45) is 5.92 Å². The minimum absolute atomic E-state index is 0.0628. The van der Waals surface area contributed by atoms with E-state index < -0.39 is 10.8 Å². The van der Waals surface area contributed by atoms with Gasteiger partial charge in [-0.15, -0.1) is 0 Å². The van der Waals surface area contributed by atoms with Crippen molar-refractivity contribution in [3.05, 3.63) is 24.3 Å². The Kier molecular flexibility index (Phi) is 6.56. The van der Waals surface area contributed by atoms with Crippen LogP contribution in [0.15, 0.2) is 24.3 Å². The molecule has 5 heteroatoms. The molecule has 0 heterocycles. The lowest BCUT2D eigenvalue weighted by molar-refractivity contribution is -0.116. The summed E-state index contributed by atoms with van der Waals surface area (Å²) >= 11 is 0. The first-order valence-electron chi connectivity index (χ1n) is 6.47. The summed E-state index contributed by atoms with van der Waals surface area (Å²) in [6, 6.07) is 7.08. The largest absolute Gasteiger partial charge is 0.399 e. The molecule has 1 aromatic carbocycles. The summed E-state index contributed by atoms with van der Waals surface area (Å²) in [5.74, 6) is 1.66. The SMILES string of the molecule is CC(C)CS(=O)CCCC(=O)Nc1cccc(N)c1. The van der Waals surface area contributed by atoms with Crippen molar-refractivity contribution in [1.82, 2.24) is 0 Å². The van der Waals surface area contributed by atoms with Gasteiger partial charge in [0.05, 0.1) is 0 Å². The summed E-state index contributed by atoms with van der Waals surface area (Å²) in [5.41, 5.74) is 6.95. The van der Waals surface area contributed by atoms with E-state index in [-0.39, 0.29) is 5.91 Å². The number of anilines is 2. The monoisotopic (exact) mass is 282 g/mol. The van der Waals surface area contributed by atoms with Crippen LogP contribution in [-0.2, 0) is 15.6 Å². The van der Waals surface area contributed by atoms with Gasteiger partial charge in [0.15, 0.2) is 0 Å². The molecule has 0 spiro atoms. The lowest BCUT2D eigenvalue weighted by atomic mass is 10.2. The molecule has 0 bridgehead atoms. The minimum Gasteiger partial charge on any atom is -0.399 e. The van der Waals surface area contributed by atoms with Crippen LogP contribution in [0.4, 0.5) is 11.4 Å². The predicted octanol–water partition coefficient (Wildman–Crippen LogP) is 2.39. The summed E-state index contributed by atoms with van der Waals surface area (Å²) in [7, 11) is -0.817. The van der Waals surface area contributed by atoms with Gasteiger partial charge in [0.25, 0.3) is 0 Å². The van der Waals surface area contributed by atoms with Gasteiger partial charge in [-0.2, -0.15) is 0 Å². The van der Waals surface area contributed by atoms with E-state index in [1.165, 1.54) is 0 Å². The van der Waals surface area contributed by atoms with E-state index in [0.717, 1.165) is 0 Å². The molecular weight excluding hydrogens is 260 g/mol. The van der Waals surface area contributed by atoms with Crippen molar-refractivity contribution in [1.29, 1.82) is 0 Å². The number of hydrogen-bond acceptors (Lipinski definition) is 3. The average molecular weight is 282 g/mol. The van der Waals surface area contributed by atoms with Crippen LogP contribution < -0.4 is 11.1 Å². The maximum atomic E-state index is 11.7. The van der Waals surface area contributed by atoms with E-state index in [1.54, 1.807) is 24.3 Å². The van der Waals surface area contributed by atoms with Crippen LogP contribution in [0.5, 0.6) is 0 Å². The molecule has 3 N–H and O–H groups in total. The summed E-state index contributed by atoms with van der Waals surface area (Å²) in [6.07, 6.45) is 1.03. The molecule has 0 aliphatic carbocycles. The summed E-state index contributed by atoms with van der Waals surface area (Å²) in [6.45, 7) is 4.09. The summed E-state index contributed by atoms with van der Waals surface area (Å²) in [4.78, 5) is 11.7. The molecular formula is C14H22N2O2S. The summed E-state index contributed by atoms with van der Waals surface area (Å²) in [5, 5.41) is 2.78. The Balaban J connectivity index is 2.27. The molecule has 4 nitrogen and oxygen atoms in total. The lowest BCUT2D eigenvalue weighted by Crippen LogP contribution is -2.14. The Morgan fingerprint density at radius 3 is 2.79 bits per heavy atom. The minimum atomic E-state index is -0.817. The van der Waals surface area contributed by atoms with E-state index in [2.05, 4.69) is 5.32 Å². The second kappa shape index (κ2) is 7.94. The second-order valence-corrected chi connectivity index (χ2v) is 6.60. The number of hydrogen-bond donors (Lipinski definition) is 2. The molecule has 0 aliphatic rings. The van der Waals surface area contributed by atoms with Gasteiger partial charge in [0.1, 0.15) is 0 Å². The zero-order valence-electron chi connectivity index (χ0n) is 11.5. The number of amides is 1. The van der Waals surface area contributed by atoms with Crippen molar-refractivity contribution in [2.75, 3.05) is 22.6 Å². The van der Waals surface area contributed by atoms with Crippen LogP contribution in [-0.4, -0.2) is 21.6 Å². The van der Waals surface area contributed by atoms with Crippen LogP contribution in [0, 0.1) is 5.92 Å². The van der Waals surface area contributed by atoms with Gasteiger partial charge in [0.2, 0.25) is 5.91 Å². The van der Waals surface area contributed by atoms with Crippen LogP contribution in [0.1, 0.15) is 26.7 Å². The second-order valence-electron chi connectivity index (χ2n) is 4.98. The molecule has 1 aromatic rings. The van der Waals surface area contributed by atoms with Crippen molar-refractivity contribution >= 4 is 28.1 Å². The quantitative estimate of drug-likeness (QED) is 0.754. The molecule has 0 aromatic heterocycles. The number of carbonyl (C=O) groups is 1. The van der Waals surface area contributed by atoms with Gasteiger partial charge in [-0.25, -0.2) is 0 Å². The standard InChI is InChI=1S/C14H22N2O2S/c1-11(2)10-19(18)8-4-7-14(17)16-13-6-3-5-12(15)9-13/h3,5-6,9,11H,4,7-8,10,15H2,1-2H3,(H,16,17). The van der Waals surface area contributed by atoms with Gasteiger partial charge in [-0.1, -0.05) is 19.9 Å². The molecule has 19 heavy (non-hydrogen) atoms. The number of nitrogens with two attached hydrogens (primary N) is 1. The zero-order chi connectivity index (χ0) is 14.3. The topological polar surface area (TPSA) is 72.2 Å². The Morgan fingerprint density at radius 1 is 1.42 bits per heavy atom. The first-order valence-corrected chi connectivity index (χ1v) is 7.96. The number of rotatable bonds is 7. The molecule has 1 rings (SSSR count). The lowest BCUT2D eigenvalue weighted by Gasteiger charge is -2.07.